The van der Waals surface area contributed by atoms with Crippen molar-refractivity contribution in [3.8, 4) is 0 Å². The van der Waals surface area contributed by atoms with Crippen LogP contribution in [0.1, 0.15) is 128 Å². The summed E-state index contributed by atoms with van der Waals surface area (Å²) in [6.07, 6.45) is 7.07. The SMILES string of the molecule is CC(C)(C)OC(=O)N1CC2=C(CC1C(=O)Cc1ccc(Cl)cc1)c1cc(Cl)ccc1C2.CC(C)(C)OC(=O)N1CC2=C(CC1C(=O)O)c1cc(Cl)ccc1C2.NC(Cc1c[nH]c2ccc(Cl)cc12)C(=O)O.Nc1ccc(Cl)cc1.O=C(Cc1ccc(Cl)cc1)C1CC2=C(CN1)Cc1ccc(Cl)cc12.O=C(O)C1CC2=C(CN1)Cc1ccc(Cl)cc12. The molecule has 8 aromatic carbocycles. The predicted octanol–water partition coefficient (Wildman–Crippen LogP) is 20.1. The lowest BCUT2D eigenvalue weighted by Crippen LogP contribution is -2.50. The second-order valence-corrected chi connectivity index (χ2v) is 36.1. The van der Waals surface area contributed by atoms with Gasteiger partial charge in [-0.1, -0.05) is 141 Å². The maximum Gasteiger partial charge on any atom is 0.411 e. The van der Waals surface area contributed by atoms with Crippen LogP contribution >= 0.6 is 92.8 Å². The summed E-state index contributed by atoms with van der Waals surface area (Å²) in [5.41, 5.74) is 32.8. The highest BCUT2D eigenvalue weighted by molar-refractivity contribution is 6.33. The summed E-state index contributed by atoms with van der Waals surface area (Å²) in [6, 6.07) is 47.7. The number of fused-ring (bicyclic) bond motifs is 9. The van der Waals surface area contributed by atoms with Gasteiger partial charge in [0, 0.05) is 121 Å². The average molecular weight is 1780 g/mol. The topological polar surface area (TPSA) is 297 Å². The standard InChI is InChI=1S/C25H25Cl2NO3.C20H17Cl2NO.C18H20ClNO4.C13H12ClNO2.C11H11ClN2O2.C6H6ClN/c1-25(2,3)31-24(30)28-14-17-11-16-6-9-19(27)12-20(16)21(17)13-22(28)23(29)10-15-4-7-18(26)8-5-15;21-15-4-1-12(2-5-15)7-20(24)19-10-18-14(11-23-19)8-13-3-6-16(22)9-17(13)18;1-18(2,3)24-17(23)20-9-11-6-10-4-5-12(19)7-13(10)14(11)8-15(20)16(21)22;14-9-2-1-7-3-8-6-15-12(13(16)17)5-11(8)10(7)4-9;12-7-1-2-10-8(4-7)6(5-14-10)3-9(13)11(15)16;7-5-1-3-6(8)4-2-5/h4-9,12,22H,10-11,13-14H2,1-3H3;1-6,9,19,23H,7-8,10-11H2;4-5,7,15H,6,8-9H2,1-3H3,(H,21,22);1-2,4,12,15H,3,5-6H2,(H,16,17);1-2,4-5,9,14H,3,13H2,(H,15,16);1-4H,8H2. The fraction of sp³-hybridized carbons (Fsp3) is 0.301. The van der Waals surface area contributed by atoms with Crippen LogP contribution in [-0.2, 0) is 78.4 Å². The quantitative estimate of drug-likeness (QED) is 0.0558. The first kappa shape index (κ1) is 89.8. The number of carboxylic acids is 3. The molecule has 17 rings (SSSR count). The monoisotopic (exact) mass is 1780 g/mol. The number of halogens is 8. The molecule has 5 atom stereocenters. The summed E-state index contributed by atoms with van der Waals surface area (Å²) in [5, 5.41) is 40.2. The van der Waals surface area contributed by atoms with Gasteiger partial charge in [0.25, 0.3) is 0 Å². The van der Waals surface area contributed by atoms with Gasteiger partial charge in [0.05, 0.1) is 12.1 Å². The van der Waals surface area contributed by atoms with Crippen LogP contribution < -0.4 is 22.1 Å². The number of rotatable bonds is 11. The normalized spacial score (nSPS) is 17.9. The number of aromatic amines is 1. The summed E-state index contributed by atoms with van der Waals surface area (Å²) in [5.74, 6) is -2.61. The predicted molar refractivity (Wildman–Crippen MR) is 478 cm³/mol. The van der Waals surface area contributed by atoms with E-state index >= 15 is 0 Å². The summed E-state index contributed by atoms with van der Waals surface area (Å²) < 4.78 is 11.0. The van der Waals surface area contributed by atoms with Gasteiger partial charge in [0.15, 0.2) is 11.6 Å². The van der Waals surface area contributed by atoms with E-state index in [2.05, 4.69) is 21.7 Å². The van der Waals surface area contributed by atoms with Crippen molar-refractivity contribution in [3.05, 3.63) is 294 Å². The zero-order valence-corrected chi connectivity index (χ0v) is 72.8. The Labute approximate surface area is 736 Å². The van der Waals surface area contributed by atoms with E-state index in [1.807, 2.05) is 130 Å². The number of nitrogens with two attached hydrogens (primary N) is 2. The molecule has 5 unspecified atom stereocenters. The van der Waals surface area contributed by atoms with Gasteiger partial charge in [-0.3, -0.25) is 29.0 Å². The van der Waals surface area contributed by atoms with Gasteiger partial charge >= 0.3 is 30.1 Å². The summed E-state index contributed by atoms with van der Waals surface area (Å²) in [4.78, 5) is 90.9. The first-order chi connectivity index (χ1) is 56.9. The van der Waals surface area contributed by atoms with E-state index in [0.717, 1.165) is 120 Å². The Morgan fingerprint density at radius 3 is 1.21 bits per heavy atom. The third-order valence-corrected chi connectivity index (χ3v) is 23.6. The third kappa shape index (κ3) is 22.8. The van der Waals surface area contributed by atoms with Crippen molar-refractivity contribution in [3.63, 3.8) is 0 Å². The number of anilines is 1. The number of carboxylic acid groups (broad SMARTS) is 3. The van der Waals surface area contributed by atoms with Crippen LogP contribution in [0.2, 0.25) is 40.2 Å². The van der Waals surface area contributed by atoms with Gasteiger partial charge in [-0.05, 0) is 301 Å². The van der Waals surface area contributed by atoms with E-state index in [0.29, 0.717) is 68.9 Å². The molecular formula is C93H91Cl8N7O12. The minimum absolute atomic E-state index is 0.0183. The van der Waals surface area contributed by atoms with E-state index in [9.17, 15) is 38.7 Å². The molecule has 0 saturated carbocycles. The van der Waals surface area contributed by atoms with Crippen molar-refractivity contribution in [2.75, 3.05) is 31.9 Å². The number of carbonyl (C=O) groups is 7. The number of benzene rings is 8. The molecule has 19 nitrogen and oxygen atoms in total. The van der Waals surface area contributed by atoms with Gasteiger partial charge in [-0.15, -0.1) is 0 Å². The van der Waals surface area contributed by atoms with Crippen molar-refractivity contribution < 1.29 is 58.4 Å². The first-order valence-corrected chi connectivity index (χ1v) is 42.1. The van der Waals surface area contributed by atoms with Crippen LogP contribution in [0.4, 0.5) is 15.3 Å². The number of nitrogens with one attached hydrogen (secondary N) is 3. The minimum atomic E-state index is -1.03. The van der Waals surface area contributed by atoms with Gasteiger partial charge in [0.2, 0.25) is 0 Å². The molecule has 5 heterocycles. The summed E-state index contributed by atoms with van der Waals surface area (Å²) in [7, 11) is 0. The zero-order valence-electron chi connectivity index (χ0n) is 66.7. The molecule has 2 amide bonds. The number of Topliss-reactive ketones (excluding diaryl/α,β-unsaturated/α-hetero) is 2. The zero-order chi connectivity index (χ0) is 86.3. The number of aliphatic carboxylic acids is 3. The Hall–Kier alpha value is -9.45. The molecular weight excluding hydrogens is 1690 g/mol. The second kappa shape index (κ2) is 38.7. The van der Waals surface area contributed by atoms with Crippen molar-refractivity contribution in [1.82, 2.24) is 25.4 Å². The number of hydrogen-bond acceptors (Lipinski definition) is 13. The van der Waals surface area contributed by atoms with E-state index < -0.39 is 65.5 Å². The number of hydrogen-bond donors (Lipinski definition) is 8. The molecule has 1 aromatic heterocycles. The lowest BCUT2D eigenvalue weighted by Gasteiger charge is -2.37. The molecule has 0 spiro atoms. The Bertz CT molecular complexity index is 5570. The highest BCUT2D eigenvalue weighted by atomic mass is 35.5. The molecule has 27 heteroatoms. The highest BCUT2D eigenvalue weighted by Gasteiger charge is 2.43. The fourth-order valence-corrected chi connectivity index (χ4v) is 17.1. The van der Waals surface area contributed by atoms with Crippen molar-refractivity contribution >= 4 is 173 Å². The Morgan fingerprint density at radius 1 is 0.442 bits per heavy atom. The maximum absolute atomic E-state index is 13.4. The van der Waals surface area contributed by atoms with Crippen LogP contribution in [0.25, 0.3) is 33.2 Å². The summed E-state index contributed by atoms with van der Waals surface area (Å²) >= 11 is 47.8. The smallest absolute Gasteiger partial charge is 0.411 e. The number of amides is 2. The van der Waals surface area contributed by atoms with E-state index in [4.69, 9.17) is 124 Å². The largest absolute Gasteiger partial charge is 0.480 e. The molecule has 0 saturated heterocycles. The minimum Gasteiger partial charge on any atom is -0.480 e. The molecule has 626 valence electrons. The van der Waals surface area contributed by atoms with Crippen molar-refractivity contribution in [1.29, 1.82) is 0 Å². The number of ketones is 2. The average Bonchev–Trinajstić information content (AvgIpc) is 1.59. The van der Waals surface area contributed by atoms with Crippen molar-refractivity contribution in [2.24, 2.45) is 5.73 Å². The molecule has 4 aliphatic heterocycles. The highest BCUT2D eigenvalue weighted by Crippen LogP contribution is 2.46. The molecule has 0 radical (unpaired) electrons. The lowest BCUT2D eigenvalue weighted by atomic mass is 9.89. The molecule has 4 aliphatic carbocycles. The van der Waals surface area contributed by atoms with Crippen LogP contribution in [0.3, 0.4) is 0 Å². The van der Waals surface area contributed by atoms with Gasteiger partial charge in [-0.25, -0.2) is 14.4 Å². The molecule has 10 N–H and O–H groups in total. The number of carbonyl (C=O) groups excluding carboxylic acids is 4. The second-order valence-electron chi connectivity index (χ2n) is 32.6. The number of nitrogen functional groups attached to an aromatic ring is 1. The number of nitrogens with zero attached hydrogens (tertiary/aromatic N) is 2. The molecule has 0 fully saturated rings. The van der Waals surface area contributed by atoms with E-state index in [1.54, 1.807) is 80.4 Å². The number of ether oxygens (including phenoxy) is 2. The van der Waals surface area contributed by atoms with Gasteiger partial charge < -0.3 is 51.9 Å². The van der Waals surface area contributed by atoms with Gasteiger partial charge in [-0.2, -0.15) is 0 Å². The third-order valence-electron chi connectivity index (χ3n) is 21.7. The maximum atomic E-state index is 13.4. The fourth-order valence-electron chi connectivity index (χ4n) is 15.9. The first-order valence-electron chi connectivity index (χ1n) is 39.1. The van der Waals surface area contributed by atoms with Crippen LogP contribution in [-0.4, -0.2) is 139 Å². The van der Waals surface area contributed by atoms with E-state index in [-0.39, 0.29) is 43.4 Å². The molecule has 8 aliphatic rings. The Kier molecular flexibility index (Phi) is 29.0. The molecule has 0 bridgehead atoms. The number of H-pyrrole nitrogens is 1. The van der Waals surface area contributed by atoms with Crippen molar-refractivity contribution in [2.45, 2.75) is 154 Å². The number of aromatic nitrogens is 1. The van der Waals surface area contributed by atoms with E-state index in [1.165, 1.54) is 49.4 Å². The summed E-state index contributed by atoms with van der Waals surface area (Å²) in [6.45, 7) is 12.9. The Balaban J connectivity index is 0.000000136. The molecule has 9 aromatic rings. The molecule has 120 heavy (non-hydrogen) atoms. The van der Waals surface area contributed by atoms with Crippen LogP contribution in [0, 0.1) is 0 Å². The van der Waals surface area contributed by atoms with Crippen LogP contribution in [0.15, 0.2) is 192 Å². The lowest BCUT2D eigenvalue weighted by molar-refractivity contribution is -0.143. The Morgan fingerprint density at radius 2 is 0.800 bits per heavy atom. The van der Waals surface area contributed by atoms with Crippen LogP contribution in [0.5, 0.6) is 0 Å². The van der Waals surface area contributed by atoms with Gasteiger partial charge in [0.1, 0.15) is 29.3 Å².